The van der Waals surface area contributed by atoms with Crippen LogP contribution in [-0.4, -0.2) is 5.97 Å². The third-order valence-electron chi connectivity index (χ3n) is 2.32. The monoisotopic (exact) mass is 227 g/mol. The van der Waals surface area contributed by atoms with Crippen molar-refractivity contribution in [3.05, 3.63) is 54.6 Å². The van der Waals surface area contributed by atoms with Crippen LogP contribution in [0.3, 0.4) is 0 Å². The molecule has 0 heterocycles. The Kier molecular flexibility index (Phi) is 3.40. The molecule has 2 aromatic rings. The Bertz CT molecular complexity index is 509. The Morgan fingerprint density at radius 3 is 2.35 bits per heavy atom. The summed E-state index contributed by atoms with van der Waals surface area (Å²) in [6.45, 7) is 1.36. The second-order valence-electron chi connectivity index (χ2n) is 3.61. The molecule has 0 saturated carbocycles. The van der Waals surface area contributed by atoms with E-state index in [9.17, 15) is 4.79 Å². The number of carbonyl (C=O) groups excluding carboxylic acids is 1. The van der Waals surface area contributed by atoms with Crippen LogP contribution in [0.15, 0.2) is 54.6 Å². The van der Waals surface area contributed by atoms with Gasteiger partial charge in [-0.15, -0.1) is 0 Å². The van der Waals surface area contributed by atoms with Gasteiger partial charge in [-0.3, -0.25) is 4.79 Å². The first-order valence-electron chi connectivity index (χ1n) is 5.35. The van der Waals surface area contributed by atoms with Crippen molar-refractivity contribution in [1.29, 1.82) is 0 Å². The largest absolute Gasteiger partial charge is 0.344 e. The highest BCUT2D eigenvalue weighted by atomic mass is 16.7. The van der Waals surface area contributed by atoms with E-state index < -0.39 is 0 Å². The lowest BCUT2D eigenvalue weighted by Crippen LogP contribution is -2.06. The van der Waals surface area contributed by atoms with E-state index in [2.05, 4.69) is 5.48 Å². The summed E-state index contributed by atoms with van der Waals surface area (Å²) in [5.41, 5.74) is 5.50. The van der Waals surface area contributed by atoms with Gasteiger partial charge in [0, 0.05) is 12.5 Å². The SMILES string of the molecule is CC(=O)ONc1ccccc1-c1ccccc1. The summed E-state index contributed by atoms with van der Waals surface area (Å²) in [4.78, 5) is 15.6. The van der Waals surface area contributed by atoms with Crippen LogP contribution in [0, 0.1) is 0 Å². The topological polar surface area (TPSA) is 38.3 Å². The molecule has 0 radical (unpaired) electrons. The van der Waals surface area contributed by atoms with Gasteiger partial charge >= 0.3 is 5.97 Å². The second kappa shape index (κ2) is 5.16. The van der Waals surface area contributed by atoms with E-state index in [0.717, 1.165) is 16.8 Å². The van der Waals surface area contributed by atoms with Crippen molar-refractivity contribution in [3.8, 4) is 11.1 Å². The number of nitrogens with one attached hydrogen (secondary N) is 1. The maximum atomic E-state index is 10.8. The Hall–Kier alpha value is -2.29. The van der Waals surface area contributed by atoms with Crippen LogP contribution in [0.1, 0.15) is 6.92 Å². The van der Waals surface area contributed by atoms with Crippen LogP contribution >= 0.6 is 0 Å². The quantitative estimate of drug-likeness (QED) is 0.818. The van der Waals surface area contributed by atoms with Crippen LogP contribution < -0.4 is 5.48 Å². The molecule has 86 valence electrons. The van der Waals surface area contributed by atoms with Crippen molar-refractivity contribution in [2.24, 2.45) is 0 Å². The number of hydrogen-bond donors (Lipinski definition) is 1. The minimum Gasteiger partial charge on any atom is -0.344 e. The number of rotatable bonds is 3. The van der Waals surface area contributed by atoms with Crippen LogP contribution in [0.2, 0.25) is 0 Å². The molecule has 0 amide bonds. The van der Waals surface area contributed by atoms with E-state index in [-0.39, 0.29) is 5.97 Å². The van der Waals surface area contributed by atoms with Crippen molar-refractivity contribution >= 4 is 11.7 Å². The lowest BCUT2D eigenvalue weighted by molar-refractivity contribution is -0.138. The summed E-state index contributed by atoms with van der Waals surface area (Å²) < 4.78 is 0. The highest BCUT2D eigenvalue weighted by molar-refractivity contribution is 5.78. The summed E-state index contributed by atoms with van der Waals surface area (Å²) in [6, 6.07) is 17.6. The summed E-state index contributed by atoms with van der Waals surface area (Å²) in [5.74, 6) is -0.368. The highest BCUT2D eigenvalue weighted by Gasteiger charge is 2.04. The van der Waals surface area contributed by atoms with Gasteiger partial charge in [-0.05, 0) is 11.6 Å². The van der Waals surface area contributed by atoms with Crippen molar-refractivity contribution in [2.45, 2.75) is 6.92 Å². The first-order chi connectivity index (χ1) is 8.27. The molecule has 0 aliphatic heterocycles. The Balaban J connectivity index is 2.31. The van der Waals surface area contributed by atoms with Crippen LogP contribution in [-0.2, 0) is 9.63 Å². The smallest absolute Gasteiger partial charge is 0.329 e. The number of carbonyl (C=O) groups is 1. The maximum absolute atomic E-state index is 10.8. The van der Waals surface area contributed by atoms with E-state index >= 15 is 0 Å². The molecule has 0 aliphatic carbocycles. The van der Waals surface area contributed by atoms with Gasteiger partial charge in [-0.25, -0.2) is 5.48 Å². The minimum atomic E-state index is -0.368. The summed E-state index contributed by atoms with van der Waals surface area (Å²) >= 11 is 0. The van der Waals surface area contributed by atoms with Gasteiger partial charge in [0.2, 0.25) is 0 Å². The minimum absolute atomic E-state index is 0.368. The number of hydrogen-bond acceptors (Lipinski definition) is 3. The molecule has 0 aliphatic rings. The van der Waals surface area contributed by atoms with Gasteiger partial charge in [0.1, 0.15) is 0 Å². The molecule has 0 aromatic heterocycles. The molecule has 0 bridgehead atoms. The van der Waals surface area contributed by atoms with Crippen molar-refractivity contribution in [3.63, 3.8) is 0 Å². The van der Waals surface area contributed by atoms with E-state index in [1.54, 1.807) is 0 Å². The lowest BCUT2D eigenvalue weighted by Gasteiger charge is -2.10. The zero-order valence-electron chi connectivity index (χ0n) is 9.51. The molecule has 17 heavy (non-hydrogen) atoms. The zero-order chi connectivity index (χ0) is 12.1. The van der Waals surface area contributed by atoms with Gasteiger partial charge in [0.25, 0.3) is 0 Å². The van der Waals surface area contributed by atoms with Gasteiger partial charge in [0.05, 0.1) is 5.69 Å². The number of benzene rings is 2. The number of anilines is 1. The predicted molar refractivity (Wildman–Crippen MR) is 67.3 cm³/mol. The lowest BCUT2D eigenvalue weighted by atomic mass is 10.0. The molecular weight excluding hydrogens is 214 g/mol. The normalized spacial score (nSPS) is 9.71. The van der Waals surface area contributed by atoms with Crippen molar-refractivity contribution < 1.29 is 9.63 Å². The summed E-state index contributed by atoms with van der Waals surface area (Å²) in [7, 11) is 0. The maximum Gasteiger partial charge on any atom is 0.329 e. The molecule has 0 fully saturated rings. The first-order valence-corrected chi connectivity index (χ1v) is 5.35. The molecule has 2 rings (SSSR count). The third-order valence-corrected chi connectivity index (χ3v) is 2.32. The van der Waals surface area contributed by atoms with E-state index in [0.29, 0.717) is 0 Å². The average Bonchev–Trinajstić information content (AvgIpc) is 2.38. The molecule has 2 aromatic carbocycles. The van der Waals surface area contributed by atoms with Gasteiger partial charge < -0.3 is 4.84 Å². The second-order valence-corrected chi connectivity index (χ2v) is 3.61. The Labute approximate surface area is 100.0 Å². The molecule has 0 saturated heterocycles. The Morgan fingerprint density at radius 1 is 1.00 bits per heavy atom. The van der Waals surface area contributed by atoms with Crippen molar-refractivity contribution in [1.82, 2.24) is 0 Å². The molecular formula is C14H13NO2. The highest BCUT2D eigenvalue weighted by Crippen LogP contribution is 2.27. The van der Waals surface area contributed by atoms with E-state index in [1.165, 1.54) is 6.92 Å². The predicted octanol–water partition coefficient (Wildman–Crippen LogP) is 3.24. The summed E-state index contributed by atoms with van der Waals surface area (Å²) in [5, 5.41) is 0. The first kappa shape index (κ1) is 11.2. The van der Waals surface area contributed by atoms with Crippen LogP contribution in [0.5, 0.6) is 0 Å². The third kappa shape index (κ3) is 2.84. The molecule has 3 nitrogen and oxygen atoms in total. The van der Waals surface area contributed by atoms with Gasteiger partial charge in [-0.1, -0.05) is 48.5 Å². The fourth-order valence-electron chi connectivity index (χ4n) is 1.57. The van der Waals surface area contributed by atoms with E-state index in [1.807, 2.05) is 54.6 Å². The molecule has 0 atom stereocenters. The van der Waals surface area contributed by atoms with Gasteiger partial charge in [-0.2, -0.15) is 0 Å². The van der Waals surface area contributed by atoms with Crippen LogP contribution in [0.4, 0.5) is 5.69 Å². The zero-order valence-corrected chi connectivity index (χ0v) is 9.51. The van der Waals surface area contributed by atoms with E-state index in [4.69, 9.17) is 4.84 Å². The van der Waals surface area contributed by atoms with Crippen molar-refractivity contribution in [2.75, 3.05) is 5.48 Å². The fraction of sp³-hybridized carbons (Fsp3) is 0.0714. The van der Waals surface area contributed by atoms with Gasteiger partial charge in [0.15, 0.2) is 0 Å². The Morgan fingerprint density at radius 2 is 1.65 bits per heavy atom. The molecule has 0 spiro atoms. The molecule has 1 N–H and O–H groups in total. The summed E-state index contributed by atoms with van der Waals surface area (Å²) in [6.07, 6.45) is 0. The van der Waals surface area contributed by atoms with Crippen LogP contribution in [0.25, 0.3) is 11.1 Å². The standard InChI is InChI=1S/C14H13NO2/c1-11(16)17-15-14-10-6-5-9-13(14)12-7-3-2-4-8-12/h2-10,15H,1H3. The molecule has 3 heteroatoms. The average molecular weight is 227 g/mol. The number of para-hydroxylation sites is 1. The molecule has 0 unspecified atom stereocenters. The fourth-order valence-corrected chi connectivity index (χ4v) is 1.57.